The van der Waals surface area contributed by atoms with Gasteiger partial charge in [-0.05, 0) is 22.3 Å². The Kier molecular flexibility index (Phi) is 11.2. The lowest BCUT2D eigenvalue weighted by Gasteiger charge is -2.32. The molecule has 3 nitrogen and oxygen atoms in total. The van der Waals surface area contributed by atoms with Crippen molar-refractivity contribution in [3.05, 3.63) is 150 Å². The maximum atomic E-state index is 6.58. The van der Waals surface area contributed by atoms with Gasteiger partial charge in [-0.2, -0.15) is 0 Å². The van der Waals surface area contributed by atoms with E-state index in [9.17, 15) is 0 Å². The molecule has 0 saturated carbocycles. The van der Waals surface area contributed by atoms with E-state index in [1.807, 2.05) is 72.8 Å². The Hall–Kier alpha value is -3.02. The Morgan fingerprint density at radius 1 is 0.541 bits per heavy atom. The molecule has 3 atom stereocenters. The molecule has 0 aliphatic heterocycles. The minimum atomic E-state index is -0.341. The standard InChI is InChI=1S/C33H33BrO3/c34-23-32(36-25-29-17-9-3-10-18-29)33(37-26-30-19-11-4-12-20-30)31(22-21-27-13-5-1-6-14-27)35-24-28-15-7-2-8-16-28/h1-22,31-33H,23-26H2/b22-21+/t31-,32-,33+/m1/s1. The minimum Gasteiger partial charge on any atom is -0.370 e. The topological polar surface area (TPSA) is 27.7 Å². The van der Waals surface area contributed by atoms with E-state index in [1.165, 1.54) is 0 Å². The van der Waals surface area contributed by atoms with Gasteiger partial charge in [-0.25, -0.2) is 0 Å². The Balaban J connectivity index is 1.58. The molecule has 37 heavy (non-hydrogen) atoms. The van der Waals surface area contributed by atoms with Crippen LogP contribution in [-0.4, -0.2) is 23.6 Å². The van der Waals surface area contributed by atoms with Crippen LogP contribution in [0.25, 0.3) is 6.08 Å². The average Bonchev–Trinajstić information content (AvgIpc) is 2.97. The van der Waals surface area contributed by atoms with Crippen molar-refractivity contribution in [2.75, 3.05) is 5.33 Å². The first kappa shape index (κ1) is 27.0. The molecule has 0 aliphatic rings. The molecule has 0 aromatic heterocycles. The summed E-state index contributed by atoms with van der Waals surface area (Å²) in [5.74, 6) is 0. The number of hydrogen-bond acceptors (Lipinski definition) is 3. The van der Waals surface area contributed by atoms with Gasteiger partial charge in [-0.15, -0.1) is 0 Å². The van der Waals surface area contributed by atoms with Gasteiger partial charge < -0.3 is 14.2 Å². The molecule has 0 saturated heterocycles. The third-order valence-electron chi connectivity index (χ3n) is 6.00. The maximum absolute atomic E-state index is 6.58. The smallest absolute Gasteiger partial charge is 0.115 e. The lowest BCUT2D eigenvalue weighted by Crippen LogP contribution is -2.42. The van der Waals surface area contributed by atoms with Crippen LogP contribution >= 0.6 is 15.9 Å². The molecule has 4 heteroatoms. The highest BCUT2D eigenvalue weighted by Crippen LogP contribution is 2.21. The van der Waals surface area contributed by atoms with Crippen LogP contribution in [0.4, 0.5) is 0 Å². The number of halogens is 1. The first-order valence-corrected chi connectivity index (χ1v) is 13.7. The van der Waals surface area contributed by atoms with Crippen LogP contribution in [0.3, 0.4) is 0 Å². The molecule has 0 bridgehead atoms. The van der Waals surface area contributed by atoms with Crippen molar-refractivity contribution in [1.82, 2.24) is 0 Å². The van der Waals surface area contributed by atoms with Gasteiger partial charge in [-0.3, -0.25) is 0 Å². The monoisotopic (exact) mass is 556 g/mol. The first-order chi connectivity index (χ1) is 18.3. The Bertz CT molecular complexity index is 1170. The van der Waals surface area contributed by atoms with Crippen LogP contribution in [-0.2, 0) is 34.0 Å². The van der Waals surface area contributed by atoms with E-state index in [-0.39, 0.29) is 18.3 Å². The predicted octanol–water partition coefficient (Wildman–Crippen LogP) is 7.85. The minimum absolute atomic E-state index is 0.231. The summed E-state index contributed by atoms with van der Waals surface area (Å²) in [6.07, 6.45) is 3.28. The highest BCUT2D eigenvalue weighted by molar-refractivity contribution is 9.09. The van der Waals surface area contributed by atoms with E-state index in [0.717, 1.165) is 22.3 Å². The summed E-state index contributed by atoms with van der Waals surface area (Å²) in [5.41, 5.74) is 4.45. The average molecular weight is 558 g/mol. The van der Waals surface area contributed by atoms with Crippen molar-refractivity contribution in [3.8, 4) is 0 Å². The van der Waals surface area contributed by atoms with Gasteiger partial charge in [0.15, 0.2) is 0 Å². The molecule has 4 rings (SSSR count). The summed E-state index contributed by atoms with van der Waals surface area (Å²) in [6, 6.07) is 40.9. The van der Waals surface area contributed by atoms with E-state index in [4.69, 9.17) is 14.2 Å². The molecular weight excluding hydrogens is 524 g/mol. The van der Waals surface area contributed by atoms with Crippen molar-refractivity contribution in [2.45, 2.75) is 38.1 Å². The van der Waals surface area contributed by atoms with Crippen molar-refractivity contribution < 1.29 is 14.2 Å². The summed E-state index contributed by atoms with van der Waals surface area (Å²) >= 11 is 3.69. The number of rotatable bonds is 14. The second kappa shape index (κ2) is 15.3. The quantitative estimate of drug-likeness (QED) is 0.148. The number of ether oxygens (including phenoxy) is 3. The van der Waals surface area contributed by atoms with Crippen LogP contribution in [0.2, 0.25) is 0 Å². The lowest BCUT2D eigenvalue weighted by atomic mass is 10.1. The number of alkyl halides is 1. The van der Waals surface area contributed by atoms with Crippen LogP contribution < -0.4 is 0 Å². The van der Waals surface area contributed by atoms with Crippen molar-refractivity contribution >= 4 is 22.0 Å². The Morgan fingerprint density at radius 2 is 0.973 bits per heavy atom. The summed E-state index contributed by atoms with van der Waals surface area (Å²) in [6.45, 7) is 1.44. The van der Waals surface area contributed by atoms with Gasteiger partial charge in [0.25, 0.3) is 0 Å². The van der Waals surface area contributed by atoms with E-state index in [2.05, 4.69) is 76.6 Å². The molecule has 190 valence electrons. The molecule has 0 spiro atoms. The molecule has 4 aromatic carbocycles. The van der Waals surface area contributed by atoms with Crippen molar-refractivity contribution in [2.24, 2.45) is 0 Å². The maximum Gasteiger partial charge on any atom is 0.115 e. The van der Waals surface area contributed by atoms with Gasteiger partial charge in [0, 0.05) is 5.33 Å². The van der Waals surface area contributed by atoms with Gasteiger partial charge in [0.1, 0.15) is 12.2 Å². The Labute approximate surface area is 228 Å². The van der Waals surface area contributed by atoms with Gasteiger partial charge >= 0.3 is 0 Å². The van der Waals surface area contributed by atoms with E-state index in [1.54, 1.807) is 0 Å². The molecule has 0 radical (unpaired) electrons. The third kappa shape index (κ3) is 9.10. The zero-order valence-electron chi connectivity index (χ0n) is 20.9. The molecule has 0 heterocycles. The highest BCUT2D eigenvalue weighted by atomic mass is 79.9. The fraction of sp³-hybridized carbons (Fsp3) is 0.212. The molecule has 4 aromatic rings. The zero-order valence-corrected chi connectivity index (χ0v) is 22.5. The van der Waals surface area contributed by atoms with Crippen LogP contribution in [0.5, 0.6) is 0 Å². The van der Waals surface area contributed by atoms with Gasteiger partial charge in [0.05, 0.1) is 25.9 Å². The molecule has 0 fully saturated rings. The fourth-order valence-corrected chi connectivity index (χ4v) is 4.54. The second-order valence-electron chi connectivity index (χ2n) is 8.78. The van der Waals surface area contributed by atoms with Crippen molar-refractivity contribution in [3.63, 3.8) is 0 Å². The summed E-state index contributed by atoms with van der Waals surface area (Å²) in [4.78, 5) is 0. The predicted molar refractivity (Wildman–Crippen MR) is 154 cm³/mol. The van der Waals surface area contributed by atoms with Gasteiger partial charge in [0.2, 0.25) is 0 Å². The first-order valence-electron chi connectivity index (χ1n) is 12.6. The van der Waals surface area contributed by atoms with Crippen LogP contribution in [0.1, 0.15) is 22.3 Å². The molecule has 0 amide bonds. The SMILES string of the molecule is BrC[C@@H](OCc1ccccc1)[C@@H](OCc1ccccc1)[C@@H](/C=C/c1ccccc1)OCc1ccccc1. The van der Waals surface area contributed by atoms with Gasteiger partial charge in [-0.1, -0.05) is 149 Å². The molecular formula is C33H33BrO3. The molecule has 0 unspecified atom stereocenters. The van der Waals surface area contributed by atoms with Crippen molar-refractivity contribution in [1.29, 1.82) is 0 Å². The van der Waals surface area contributed by atoms with E-state index >= 15 is 0 Å². The van der Waals surface area contributed by atoms with E-state index in [0.29, 0.717) is 25.2 Å². The largest absolute Gasteiger partial charge is 0.370 e. The summed E-state index contributed by atoms with van der Waals surface area (Å²) in [7, 11) is 0. The Morgan fingerprint density at radius 3 is 1.46 bits per heavy atom. The van der Waals surface area contributed by atoms with E-state index < -0.39 is 0 Å². The fourth-order valence-electron chi connectivity index (χ4n) is 3.98. The van der Waals surface area contributed by atoms with Crippen LogP contribution in [0, 0.1) is 0 Å². The number of hydrogen-bond donors (Lipinski definition) is 0. The van der Waals surface area contributed by atoms with Crippen LogP contribution in [0.15, 0.2) is 127 Å². The zero-order chi connectivity index (χ0) is 25.5. The number of benzene rings is 4. The third-order valence-corrected chi connectivity index (χ3v) is 6.64. The second-order valence-corrected chi connectivity index (χ2v) is 9.43. The summed E-state index contributed by atoms with van der Waals surface area (Å²) in [5, 5.41) is 0.615. The molecule has 0 N–H and O–H groups in total. The normalized spacial score (nSPS) is 13.9. The molecule has 0 aliphatic carbocycles. The lowest BCUT2D eigenvalue weighted by molar-refractivity contribution is -0.130. The summed E-state index contributed by atoms with van der Waals surface area (Å²) < 4.78 is 19.5. The highest BCUT2D eigenvalue weighted by Gasteiger charge is 2.30.